The molecule has 0 heterocycles. The third-order valence-electron chi connectivity index (χ3n) is 6.72. The molecule has 0 bridgehead atoms. The lowest BCUT2D eigenvalue weighted by Crippen LogP contribution is -2.52. The van der Waals surface area contributed by atoms with Gasteiger partial charge in [0.15, 0.2) is 0 Å². The van der Waals surface area contributed by atoms with E-state index in [0.29, 0.717) is 18.7 Å². The summed E-state index contributed by atoms with van der Waals surface area (Å²) in [7, 11) is -4.09. The Morgan fingerprint density at radius 2 is 1.46 bits per heavy atom. The first-order chi connectivity index (χ1) is 18.5. The molecule has 0 aliphatic carbocycles. The Labute approximate surface area is 232 Å². The minimum Gasteiger partial charge on any atom is -0.355 e. The Balaban J connectivity index is 2.11. The number of benzene rings is 3. The van der Waals surface area contributed by atoms with Crippen LogP contribution in [0.25, 0.3) is 0 Å². The highest BCUT2D eigenvalue weighted by molar-refractivity contribution is 7.92. The number of carbonyl (C=O) groups is 2. The van der Waals surface area contributed by atoms with Gasteiger partial charge in [-0.2, -0.15) is 0 Å². The molecule has 0 aliphatic heterocycles. The number of aryl methyl sites for hydroxylation is 4. The van der Waals surface area contributed by atoms with Crippen LogP contribution in [0, 0.1) is 27.7 Å². The van der Waals surface area contributed by atoms with Crippen molar-refractivity contribution in [3.8, 4) is 0 Å². The largest absolute Gasteiger partial charge is 0.355 e. The van der Waals surface area contributed by atoms with Crippen molar-refractivity contribution in [3.05, 3.63) is 94.5 Å². The van der Waals surface area contributed by atoms with E-state index in [1.54, 1.807) is 36.4 Å². The summed E-state index contributed by atoms with van der Waals surface area (Å²) < 4.78 is 29.1. The van der Waals surface area contributed by atoms with Crippen molar-refractivity contribution < 1.29 is 18.0 Å². The minimum atomic E-state index is -4.09. The molecule has 1 atom stereocenters. The molecule has 3 aromatic carbocycles. The van der Waals surface area contributed by atoms with Gasteiger partial charge in [-0.15, -0.1) is 0 Å². The van der Waals surface area contributed by atoms with Gasteiger partial charge in [0.1, 0.15) is 12.6 Å². The third-order valence-corrected chi connectivity index (χ3v) is 8.51. The summed E-state index contributed by atoms with van der Waals surface area (Å²) in [4.78, 5) is 28.8. The standard InChI is InChI=1S/C31H39N3O4S/c1-7-29(31(36)32-8-2)33(20-26-12-10-9-11-25(26)6)30(35)21-34(27-18-23(4)17-24(5)19-27)39(37,38)28-15-13-22(3)14-16-28/h9-19,29H,7-8,20-21H2,1-6H3,(H,32,36)/t29-/m0/s1. The van der Waals surface area contributed by atoms with E-state index in [9.17, 15) is 18.0 Å². The minimum absolute atomic E-state index is 0.0984. The molecule has 0 saturated carbocycles. The second kappa shape index (κ2) is 12.9. The van der Waals surface area contributed by atoms with Crippen molar-refractivity contribution in [1.29, 1.82) is 0 Å². The summed E-state index contributed by atoms with van der Waals surface area (Å²) in [5.74, 6) is -0.715. The van der Waals surface area contributed by atoms with E-state index in [0.717, 1.165) is 32.1 Å². The molecule has 0 radical (unpaired) electrons. The van der Waals surface area contributed by atoms with Crippen molar-refractivity contribution in [1.82, 2.24) is 10.2 Å². The molecular formula is C31H39N3O4S. The zero-order chi connectivity index (χ0) is 28.7. The van der Waals surface area contributed by atoms with E-state index in [4.69, 9.17) is 0 Å². The number of hydrogen-bond donors (Lipinski definition) is 1. The van der Waals surface area contributed by atoms with Crippen LogP contribution in [-0.4, -0.2) is 44.3 Å². The highest BCUT2D eigenvalue weighted by Crippen LogP contribution is 2.27. The molecule has 208 valence electrons. The Kier molecular flexibility index (Phi) is 9.92. The van der Waals surface area contributed by atoms with Gasteiger partial charge in [0.25, 0.3) is 10.0 Å². The SMILES string of the molecule is CCNC(=O)[C@H](CC)N(Cc1ccccc1C)C(=O)CN(c1cc(C)cc(C)c1)S(=O)(=O)c1ccc(C)cc1. The Hall–Kier alpha value is -3.65. The summed E-state index contributed by atoms with van der Waals surface area (Å²) in [5.41, 5.74) is 4.98. The van der Waals surface area contributed by atoms with E-state index < -0.39 is 28.5 Å². The number of anilines is 1. The fourth-order valence-corrected chi connectivity index (χ4v) is 6.04. The lowest BCUT2D eigenvalue weighted by Gasteiger charge is -2.33. The maximum Gasteiger partial charge on any atom is 0.264 e. The quantitative estimate of drug-likeness (QED) is 0.362. The predicted octanol–water partition coefficient (Wildman–Crippen LogP) is 5.06. The van der Waals surface area contributed by atoms with Gasteiger partial charge in [-0.3, -0.25) is 13.9 Å². The first kappa shape index (κ1) is 29.9. The van der Waals surface area contributed by atoms with Crippen LogP contribution in [0.2, 0.25) is 0 Å². The Morgan fingerprint density at radius 3 is 2.03 bits per heavy atom. The van der Waals surface area contributed by atoms with E-state index in [2.05, 4.69) is 5.32 Å². The maximum absolute atomic E-state index is 14.1. The fraction of sp³-hybridized carbons (Fsp3) is 0.355. The molecule has 0 aliphatic rings. The molecule has 0 unspecified atom stereocenters. The first-order valence-corrected chi connectivity index (χ1v) is 14.7. The smallest absolute Gasteiger partial charge is 0.264 e. The van der Waals surface area contributed by atoms with Gasteiger partial charge in [0.05, 0.1) is 10.6 Å². The van der Waals surface area contributed by atoms with Crippen LogP contribution in [0.4, 0.5) is 5.69 Å². The molecule has 39 heavy (non-hydrogen) atoms. The highest BCUT2D eigenvalue weighted by Gasteiger charge is 2.33. The third kappa shape index (κ3) is 7.26. The van der Waals surface area contributed by atoms with Crippen LogP contribution >= 0.6 is 0 Å². The number of hydrogen-bond acceptors (Lipinski definition) is 4. The lowest BCUT2D eigenvalue weighted by atomic mass is 10.1. The van der Waals surface area contributed by atoms with Gasteiger partial charge in [0.2, 0.25) is 11.8 Å². The number of carbonyl (C=O) groups excluding carboxylic acids is 2. The van der Waals surface area contributed by atoms with Gasteiger partial charge < -0.3 is 10.2 Å². The second-order valence-electron chi connectivity index (χ2n) is 9.94. The van der Waals surface area contributed by atoms with Gasteiger partial charge in [-0.05, 0) is 87.6 Å². The summed E-state index contributed by atoms with van der Waals surface area (Å²) in [6.07, 6.45) is 0.387. The number of nitrogens with zero attached hydrogens (tertiary/aromatic N) is 2. The zero-order valence-electron chi connectivity index (χ0n) is 23.7. The van der Waals surface area contributed by atoms with Gasteiger partial charge in [0, 0.05) is 13.1 Å². The molecular weight excluding hydrogens is 510 g/mol. The fourth-order valence-electron chi connectivity index (χ4n) is 4.64. The van der Waals surface area contributed by atoms with Gasteiger partial charge in [-0.25, -0.2) is 8.42 Å². The summed E-state index contributed by atoms with van der Waals surface area (Å²) in [5, 5.41) is 2.83. The number of nitrogens with one attached hydrogen (secondary N) is 1. The molecule has 2 amide bonds. The molecule has 8 heteroatoms. The number of amides is 2. The zero-order valence-corrected chi connectivity index (χ0v) is 24.5. The van der Waals surface area contributed by atoms with Gasteiger partial charge >= 0.3 is 0 Å². The van der Waals surface area contributed by atoms with E-state index >= 15 is 0 Å². The van der Waals surface area contributed by atoms with Crippen molar-refractivity contribution in [2.24, 2.45) is 0 Å². The predicted molar refractivity (Wildman–Crippen MR) is 156 cm³/mol. The molecule has 0 fully saturated rings. The van der Waals surface area contributed by atoms with Crippen molar-refractivity contribution in [2.75, 3.05) is 17.4 Å². The Morgan fingerprint density at radius 1 is 0.846 bits per heavy atom. The summed E-state index contributed by atoms with van der Waals surface area (Å²) >= 11 is 0. The first-order valence-electron chi connectivity index (χ1n) is 13.3. The maximum atomic E-state index is 14.1. The molecule has 3 aromatic rings. The van der Waals surface area contributed by atoms with Crippen LogP contribution in [0.1, 0.15) is 48.1 Å². The molecule has 0 aromatic heterocycles. The molecule has 3 rings (SSSR count). The highest BCUT2D eigenvalue weighted by atomic mass is 32.2. The number of sulfonamides is 1. The van der Waals surface area contributed by atoms with Gasteiger partial charge in [-0.1, -0.05) is 55.0 Å². The summed E-state index contributed by atoms with van der Waals surface area (Å²) in [6.45, 7) is 11.5. The van der Waals surface area contributed by atoms with Crippen molar-refractivity contribution in [3.63, 3.8) is 0 Å². The Bertz CT molecular complexity index is 1400. The van der Waals surface area contributed by atoms with Crippen LogP contribution < -0.4 is 9.62 Å². The molecule has 0 spiro atoms. The normalized spacial score (nSPS) is 12.1. The average Bonchev–Trinajstić information content (AvgIpc) is 2.87. The topological polar surface area (TPSA) is 86.8 Å². The number of rotatable bonds is 11. The van der Waals surface area contributed by atoms with Crippen molar-refractivity contribution >= 4 is 27.5 Å². The van der Waals surface area contributed by atoms with E-state index in [-0.39, 0.29) is 17.3 Å². The molecule has 7 nitrogen and oxygen atoms in total. The molecule has 0 saturated heterocycles. The lowest BCUT2D eigenvalue weighted by molar-refractivity contribution is -0.140. The number of likely N-dealkylation sites (N-methyl/N-ethyl adjacent to an activating group) is 1. The van der Waals surface area contributed by atoms with Crippen LogP contribution in [-0.2, 0) is 26.2 Å². The van der Waals surface area contributed by atoms with E-state index in [1.165, 1.54) is 4.90 Å². The van der Waals surface area contributed by atoms with Crippen LogP contribution in [0.15, 0.2) is 71.6 Å². The average molecular weight is 550 g/mol. The monoisotopic (exact) mass is 549 g/mol. The second-order valence-corrected chi connectivity index (χ2v) is 11.8. The summed E-state index contributed by atoms with van der Waals surface area (Å²) in [6, 6.07) is 19.0. The van der Waals surface area contributed by atoms with Crippen LogP contribution in [0.3, 0.4) is 0 Å². The van der Waals surface area contributed by atoms with Crippen LogP contribution in [0.5, 0.6) is 0 Å². The van der Waals surface area contributed by atoms with E-state index in [1.807, 2.05) is 71.9 Å². The molecule has 1 N–H and O–H groups in total. The van der Waals surface area contributed by atoms with Crippen molar-refractivity contribution in [2.45, 2.75) is 65.4 Å².